The van der Waals surface area contributed by atoms with Crippen LogP contribution in [0.5, 0.6) is 0 Å². The molecule has 1 N–H and O–H groups in total. The van der Waals surface area contributed by atoms with E-state index in [1.54, 1.807) is 12.1 Å². The van der Waals surface area contributed by atoms with E-state index in [1.807, 2.05) is 95.3 Å². The lowest BCUT2D eigenvalue weighted by atomic mass is 9.94. The molecule has 0 bridgehead atoms. The number of anilines is 1. The number of carbonyl (C=O) groups is 2. The number of nitrogens with one attached hydrogen (secondary N) is 1. The Morgan fingerprint density at radius 2 is 1.52 bits per heavy atom. The summed E-state index contributed by atoms with van der Waals surface area (Å²) in [5, 5.41) is 3.11. The van der Waals surface area contributed by atoms with Gasteiger partial charge in [-0.15, -0.1) is 0 Å². The number of amides is 1. The van der Waals surface area contributed by atoms with E-state index in [2.05, 4.69) is 23.7 Å². The highest BCUT2D eigenvalue weighted by molar-refractivity contribution is 6.13. The molecule has 1 aromatic heterocycles. The SMILES string of the molecule is CC(C)c1c(-c2ccccc2)c(C(=O)Nc2ccccc2)c(-c2ccc(F)cc2)n1CC[C@H]1C[C@@H](CC(=O)OC(C)(C)C)OC(C)(C)O1. The second-order valence-corrected chi connectivity index (χ2v) is 14.2. The van der Waals surface area contributed by atoms with Gasteiger partial charge in [0.25, 0.3) is 5.91 Å². The Labute approximate surface area is 283 Å². The van der Waals surface area contributed by atoms with Crippen molar-refractivity contribution in [3.05, 3.63) is 102 Å². The van der Waals surface area contributed by atoms with Crippen LogP contribution in [-0.2, 0) is 25.5 Å². The van der Waals surface area contributed by atoms with E-state index in [0.29, 0.717) is 36.3 Å². The quantitative estimate of drug-likeness (QED) is 0.172. The van der Waals surface area contributed by atoms with Gasteiger partial charge in [0.05, 0.1) is 29.9 Å². The van der Waals surface area contributed by atoms with Crippen LogP contribution < -0.4 is 5.32 Å². The Morgan fingerprint density at radius 1 is 0.917 bits per heavy atom. The zero-order chi connectivity index (χ0) is 34.6. The van der Waals surface area contributed by atoms with Crippen LogP contribution in [0.25, 0.3) is 22.4 Å². The van der Waals surface area contributed by atoms with Gasteiger partial charge in [-0.3, -0.25) is 9.59 Å². The summed E-state index contributed by atoms with van der Waals surface area (Å²) in [5.41, 5.74) is 4.82. The molecule has 48 heavy (non-hydrogen) atoms. The first-order chi connectivity index (χ1) is 22.7. The van der Waals surface area contributed by atoms with Gasteiger partial charge in [-0.1, -0.05) is 62.4 Å². The Hall–Kier alpha value is -4.27. The summed E-state index contributed by atoms with van der Waals surface area (Å²) in [6.45, 7) is 14.0. The zero-order valence-electron chi connectivity index (χ0n) is 29.0. The zero-order valence-corrected chi connectivity index (χ0v) is 29.0. The van der Waals surface area contributed by atoms with Crippen LogP contribution in [0.4, 0.5) is 10.1 Å². The number of esters is 1. The number of hydrogen-bond donors (Lipinski definition) is 1. The van der Waals surface area contributed by atoms with E-state index in [4.69, 9.17) is 14.2 Å². The highest BCUT2D eigenvalue weighted by Crippen LogP contribution is 2.43. The second-order valence-electron chi connectivity index (χ2n) is 14.2. The summed E-state index contributed by atoms with van der Waals surface area (Å²) in [5.74, 6) is -1.78. The van der Waals surface area contributed by atoms with E-state index in [9.17, 15) is 14.0 Å². The molecule has 1 saturated heterocycles. The molecular weight excluding hydrogens is 607 g/mol. The van der Waals surface area contributed by atoms with Crippen LogP contribution in [0.2, 0.25) is 0 Å². The van der Waals surface area contributed by atoms with E-state index in [1.165, 1.54) is 12.1 Å². The maximum absolute atomic E-state index is 14.4. The molecule has 1 fully saturated rings. The first-order valence-corrected chi connectivity index (χ1v) is 16.7. The number of aromatic nitrogens is 1. The number of rotatable bonds is 10. The van der Waals surface area contributed by atoms with Crippen LogP contribution >= 0.6 is 0 Å². The molecule has 3 aromatic carbocycles. The van der Waals surface area contributed by atoms with Crippen LogP contribution in [0, 0.1) is 5.82 Å². The van der Waals surface area contributed by atoms with E-state index >= 15 is 0 Å². The third-order valence-corrected chi connectivity index (χ3v) is 8.21. The van der Waals surface area contributed by atoms with Crippen LogP contribution in [-0.4, -0.2) is 40.0 Å². The van der Waals surface area contributed by atoms with Gasteiger partial charge in [0.1, 0.15) is 11.4 Å². The van der Waals surface area contributed by atoms with Gasteiger partial charge in [-0.25, -0.2) is 4.39 Å². The number of hydrogen-bond acceptors (Lipinski definition) is 5. The summed E-state index contributed by atoms with van der Waals surface area (Å²) in [6.07, 6.45) is 0.635. The first-order valence-electron chi connectivity index (χ1n) is 16.7. The van der Waals surface area contributed by atoms with Crippen LogP contribution in [0.15, 0.2) is 84.9 Å². The number of ether oxygens (including phenoxy) is 3. The molecule has 1 aliphatic heterocycles. The summed E-state index contributed by atoms with van der Waals surface area (Å²) in [7, 11) is 0. The number of nitrogens with zero attached hydrogens (tertiary/aromatic N) is 1. The molecule has 2 atom stereocenters. The highest BCUT2D eigenvalue weighted by atomic mass is 19.1. The van der Waals surface area contributed by atoms with Gasteiger partial charge in [-0.2, -0.15) is 0 Å². The Balaban J connectivity index is 1.59. The molecule has 0 spiro atoms. The average molecular weight is 655 g/mol. The minimum atomic E-state index is -0.900. The highest BCUT2D eigenvalue weighted by Gasteiger charge is 2.38. The number of carbonyl (C=O) groups excluding carboxylic acids is 2. The van der Waals surface area contributed by atoms with Crippen LogP contribution in [0.1, 0.15) is 89.7 Å². The molecule has 7 nitrogen and oxygen atoms in total. The molecule has 8 heteroatoms. The summed E-state index contributed by atoms with van der Waals surface area (Å²) < 4.78 is 34.6. The minimum Gasteiger partial charge on any atom is -0.460 e. The maximum Gasteiger partial charge on any atom is 0.308 e. The average Bonchev–Trinajstić information content (AvgIpc) is 3.35. The lowest BCUT2D eigenvalue weighted by Crippen LogP contribution is -2.46. The van der Waals surface area contributed by atoms with Crippen molar-refractivity contribution < 1.29 is 28.2 Å². The summed E-state index contributed by atoms with van der Waals surface area (Å²) in [4.78, 5) is 27.1. The van der Waals surface area contributed by atoms with Gasteiger partial charge >= 0.3 is 5.97 Å². The number of halogens is 1. The third-order valence-electron chi connectivity index (χ3n) is 8.21. The van der Waals surface area contributed by atoms with E-state index in [0.717, 1.165) is 22.4 Å². The van der Waals surface area contributed by atoms with Gasteiger partial charge in [0.2, 0.25) is 0 Å². The molecule has 1 amide bonds. The van der Waals surface area contributed by atoms with Crippen molar-refractivity contribution in [1.29, 1.82) is 0 Å². The van der Waals surface area contributed by atoms with E-state index < -0.39 is 11.4 Å². The van der Waals surface area contributed by atoms with Crippen LogP contribution in [0.3, 0.4) is 0 Å². The maximum atomic E-state index is 14.4. The predicted molar refractivity (Wildman–Crippen MR) is 187 cm³/mol. The van der Waals surface area contributed by atoms with Crippen molar-refractivity contribution in [3.8, 4) is 22.4 Å². The summed E-state index contributed by atoms with van der Waals surface area (Å²) in [6, 6.07) is 25.6. The second kappa shape index (κ2) is 14.5. The Bertz CT molecular complexity index is 1710. The Morgan fingerprint density at radius 3 is 2.12 bits per heavy atom. The van der Waals surface area contributed by atoms with Gasteiger partial charge < -0.3 is 24.1 Å². The largest absolute Gasteiger partial charge is 0.460 e. The molecule has 2 heterocycles. The molecule has 1 aliphatic rings. The Kier molecular flexibility index (Phi) is 10.6. The monoisotopic (exact) mass is 654 g/mol. The standard InChI is InChI=1S/C40H47FN2O5/c1-26(2)36-34(27-14-10-8-11-15-27)35(38(45)42-30-16-12-9-13-17-30)37(28-18-20-29(41)21-19-28)43(36)23-22-31-24-32(47-40(6,7)46-31)25-33(44)48-39(3,4)5/h8-21,26,31-32H,22-25H2,1-7H3,(H,42,45)/t31-,32-/m0/s1. The van der Waals surface area contributed by atoms with Crippen molar-refractivity contribution in [2.45, 2.75) is 104 Å². The number of para-hydroxylation sites is 1. The molecule has 0 saturated carbocycles. The lowest BCUT2D eigenvalue weighted by Gasteiger charge is -2.41. The topological polar surface area (TPSA) is 78.8 Å². The van der Waals surface area contributed by atoms with Gasteiger partial charge in [-0.05, 0) is 94.5 Å². The van der Waals surface area contributed by atoms with Gasteiger partial charge in [0.15, 0.2) is 5.79 Å². The van der Waals surface area contributed by atoms with E-state index in [-0.39, 0.29) is 42.2 Å². The minimum absolute atomic E-state index is 0.0321. The molecule has 254 valence electrons. The molecule has 0 aliphatic carbocycles. The lowest BCUT2D eigenvalue weighted by molar-refractivity contribution is -0.301. The first kappa shape index (κ1) is 35.0. The van der Waals surface area contributed by atoms with Crippen molar-refractivity contribution in [1.82, 2.24) is 4.57 Å². The molecule has 4 aromatic rings. The predicted octanol–water partition coefficient (Wildman–Crippen LogP) is 9.37. The molecular formula is C40H47FN2O5. The molecule has 5 rings (SSSR count). The molecule has 0 unspecified atom stereocenters. The normalized spacial score (nSPS) is 17.7. The van der Waals surface area contributed by atoms with Crippen molar-refractivity contribution in [2.24, 2.45) is 0 Å². The smallest absolute Gasteiger partial charge is 0.308 e. The summed E-state index contributed by atoms with van der Waals surface area (Å²) >= 11 is 0. The van der Waals surface area contributed by atoms with Crippen molar-refractivity contribution >= 4 is 17.6 Å². The number of benzene rings is 3. The fraction of sp³-hybridized carbons (Fsp3) is 0.400. The van der Waals surface area contributed by atoms with Crippen molar-refractivity contribution in [3.63, 3.8) is 0 Å². The molecule has 0 radical (unpaired) electrons. The fourth-order valence-corrected chi connectivity index (χ4v) is 6.57. The van der Waals surface area contributed by atoms with Gasteiger partial charge in [0, 0.05) is 29.9 Å². The fourth-order valence-electron chi connectivity index (χ4n) is 6.57. The third kappa shape index (κ3) is 8.60. The van der Waals surface area contributed by atoms with Crippen molar-refractivity contribution in [2.75, 3.05) is 5.32 Å².